The van der Waals surface area contributed by atoms with Crippen LogP contribution in [0.5, 0.6) is 0 Å². The van der Waals surface area contributed by atoms with E-state index in [9.17, 15) is 23.6 Å². The second-order valence-corrected chi connectivity index (χ2v) is 10.4. The van der Waals surface area contributed by atoms with Crippen LogP contribution < -0.4 is 5.32 Å². The second-order valence-electron chi connectivity index (χ2n) is 10.4. The molecule has 1 fully saturated rings. The number of carbonyl (C=O) groups excluding carboxylic acids is 4. The van der Waals surface area contributed by atoms with Crippen LogP contribution in [0.15, 0.2) is 48.8 Å². The van der Waals surface area contributed by atoms with Gasteiger partial charge < -0.3 is 15.0 Å². The lowest BCUT2D eigenvalue weighted by Gasteiger charge is -2.23. The van der Waals surface area contributed by atoms with Gasteiger partial charge in [0.05, 0.1) is 6.20 Å². The third-order valence-corrected chi connectivity index (χ3v) is 7.96. The van der Waals surface area contributed by atoms with Crippen LogP contribution in [-0.4, -0.2) is 63.5 Å². The molecule has 1 aliphatic carbocycles. The number of rotatable bonds is 5. The molecule has 0 saturated carbocycles. The first-order valence-corrected chi connectivity index (χ1v) is 13.2. The van der Waals surface area contributed by atoms with Crippen molar-refractivity contribution in [3.05, 3.63) is 76.9 Å². The molecule has 1 aromatic heterocycles. The van der Waals surface area contributed by atoms with Gasteiger partial charge in [-0.1, -0.05) is 24.3 Å². The number of nitrogens with zero attached hydrogens (tertiary/aromatic N) is 4. The summed E-state index contributed by atoms with van der Waals surface area (Å²) < 4.78 is 20.9. The predicted molar refractivity (Wildman–Crippen MR) is 140 cm³/mol. The Morgan fingerprint density at radius 1 is 1.05 bits per heavy atom. The van der Waals surface area contributed by atoms with Crippen LogP contribution in [0.3, 0.4) is 0 Å². The topological polar surface area (TPSA) is 114 Å². The second kappa shape index (κ2) is 9.89. The van der Waals surface area contributed by atoms with Crippen molar-refractivity contribution >= 4 is 23.8 Å². The van der Waals surface area contributed by atoms with E-state index in [0.29, 0.717) is 44.3 Å². The average Bonchev–Trinajstić information content (AvgIpc) is 3.56. The molecule has 10 nitrogen and oxygen atoms in total. The van der Waals surface area contributed by atoms with Crippen molar-refractivity contribution in [2.24, 2.45) is 0 Å². The maximum Gasteiger partial charge on any atom is 0.418 e. The summed E-state index contributed by atoms with van der Waals surface area (Å²) in [6.07, 6.45) is 4.73. The van der Waals surface area contributed by atoms with Gasteiger partial charge in [0.2, 0.25) is 17.4 Å². The molecule has 0 radical (unpaired) electrons. The Hall–Kier alpha value is -4.54. The Morgan fingerprint density at radius 2 is 1.90 bits per heavy atom. The summed E-state index contributed by atoms with van der Waals surface area (Å²) in [5, 5.41) is 6.80. The third kappa shape index (κ3) is 4.41. The molecule has 11 heteroatoms. The van der Waals surface area contributed by atoms with Crippen LogP contribution in [0.4, 0.5) is 9.18 Å². The van der Waals surface area contributed by atoms with E-state index in [-0.39, 0.29) is 24.2 Å². The molecular weight excluding hydrogens is 517 g/mol. The van der Waals surface area contributed by atoms with Gasteiger partial charge in [-0.05, 0) is 53.6 Å². The van der Waals surface area contributed by atoms with Crippen molar-refractivity contribution in [1.29, 1.82) is 0 Å². The lowest BCUT2D eigenvalue weighted by molar-refractivity contribution is -0.142. The first-order chi connectivity index (χ1) is 19.3. The Balaban J connectivity index is 1.18. The van der Waals surface area contributed by atoms with Crippen LogP contribution in [0.1, 0.15) is 35.1 Å². The first-order valence-electron chi connectivity index (χ1n) is 13.2. The molecule has 1 spiro atoms. The fraction of sp³-hybridized carbons (Fsp3) is 0.345. The number of nitrogens with one attached hydrogen (secondary N) is 1. The van der Waals surface area contributed by atoms with Gasteiger partial charge in [-0.3, -0.25) is 19.1 Å². The summed E-state index contributed by atoms with van der Waals surface area (Å²) >= 11 is 0. The summed E-state index contributed by atoms with van der Waals surface area (Å²) in [4.78, 5) is 53.9. The lowest BCUT2D eigenvalue weighted by Crippen LogP contribution is -2.44. The van der Waals surface area contributed by atoms with E-state index in [1.54, 1.807) is 41.2 Å². The maximum absolute atomic E-state index is 13.7. The zero-order valence-corrected chi connectivity index (χ0v) is 22.0. The summed E-state index contributed by atoms with van der Waals surface area (Å²) in [5.41, 5.74) is 3.46. The van der Waals surface area contributed by atoms with Crippen molar-refractivity contribution < 1.29 is 28.3 Å². The molecule has 4 amide bonds. The van der Waals surface area contributed by atoms with Crippen LogP contribution >= 0.6 is 0 Å². The first kappa shape index (κ1) is 25.7. The number of amides is 4. The summed E-state index contributed by atoms with van der Waals surface area (Å²) in [6, 6.07) is 10.1. The van der Waals surface area contributed by atoms with E-state index in [1.807, 2.05) is 12.1 Å². The highest BCUT2D eigenvalue weighted by Crippen LogP contribution is 2.46. The largest absolute Gasteiger partial charge is 0.427 e. The molecule has 1 N–H and O–H groups in total. The maximum atomic E-state index is 13.7. The molecule has 0 bridgehead atoms. The number of imide groups is 1. The van der Waals surface area contributed by atoms with Crippen molar-refractivity contribution in [3.8, 4) is 11.1 Å². The highest BCUT2D eigenvalue weighted by molar-refractivity contribution is 6.06. The molecule has 2 aliphatic heterocycles. The number of hydrogen-bond acceptors (Lipinski definition) is 6. The number of aromatic nitrogens is 2. The smallest absolute Gasteiger partial charge is 0.418 e. The van der Waals surface area contributed by atoms with Gasteiger partial charge in [0.25, 0.3) is 5.91 Å². The molecule has 3 heterocycles. The highest BCUT2D eigenvalue weighted by Gasteiger charge is 2.58. The zero-order chi connectivity index (χ0) is 28.0. The van der Waals surface area contributed by atoms with Gasteiger partial charge in [0.15, 0.2) is 0 Å². The lowest BCUT2D eigenvalue weighted by atomic mass is 9.93. The van der Waals surface area contributed by atoms with Gasteiger partial charge in [-0.15, -0.1) is 0 Å². The van der Waals surface area contributed by atoms with Crippen molar-refractivity contribution in [1.82, 2.24) is 24.9 Å². The minimum Gasteiger partial charge on any atom is -0.427 e. The monoisotopic (exact) mass is 545 g/mol. The predicted octanol–water partition coefficient (Wildman–Crippen LogP) is 2.53. The molecule has 1 atom stereocenters. The molecule has 6 rings (SSSR count). The molecule has 206 valence electrons. The van der Waals surface area contributed by atoms with Crippen molar-refractivity contribution in [2.45, 2.75) is 44.4 Å². The number of fused-ring (bicyclic) bond motifs is 3. The Bertz CT molecular complexity index is 1550. The number of aryl methyl sites for hydroxylation is 2. The van der Waals surface area contributed by atoms with Gasteiger partial charge in [-0.2, -0.15) is 5.10 Å². The van der Waals surface area contributed by atoms with E-state index in [2.05, 4.69) is 10.4 Å². The number of hydrogen-bond donors (Lipinski definition) is 1. The quantitative estimate of drug-likeness (QED) is 0.527. The average molecular weight is 546 g/mol. The molecule has 40 heavy (non-hydrogen) atoms. The standard InChI is InChI=1S/C29H28FN5O5/c1-31-25(36)16-34-15-22(13-32-34)19-5-7-24-20(11-19)8-9-29(24)27(38)35(28(39)40-29)17-26(37)33-10-2-3-18-12-23(30)6-4-21(18)14-33/h4-7,11-13,15H,2-3,8-10,14,16-17H2,1H3,(H,31,36). The van der Waals surface area contributed by atoms with Crippen molar-refractivity contribution in [2.75, 3.05) is 20.1 Å². The fourth-order valence-electron chi connectivity index (χ4n) is 5.83. The number of carbonyl (C=O) groups is 4. The number of likely N-dealkylation sites (N-methyl/N-ethyl adjacent to an activating group) is 1. The van der Waals surface area contributed by atoms with Crippen LogP contribution in [0, 0.1) is 5.82 Å². The fourth-order valence-corrected chi connectivity index (χ4v) is 5.83. The van der Waals surface area contributed by atoms with Crippen molar-refractivity contribution in [3.63, 3.8) is 0 Å². The number of halogens is 1. The van der Waals surface area contributed by atoms with E-state index in [0.717, 1.165) is 32.7 Å². The molecule has 1 unspecified atom stereocenters. The molecular formula is C29H28FN5O5. The summed E-state index contributed by atoms with van der Waals surface area (Å²) in [7, 11) is 1.56. The normalized spacial score (nSPS) is 19.9. The summed E-state index contributed by atoms with van der Waals surface area (Å²) in [5.74, 6) is -1.37. The molecule has 3 aliphatic rings. The van der Waals surface area contributed by atoms with E-state index in [4.69, 9.17) is 4.74 Å². The van der Waals surface area contributed by atoms with Gasteiger partial charge in [-0.25, -0.2) is 14.1 Å². The number of ether oxygens (including phenoxy) is 1. The van der Waals surface area contributed by atoms with Crippen LogP contribution in [-0.2, 0) is 50.7 Å². The van der Waals surface area contributed by atoms with Gasteiger partial charge in [0.1, 0.15) is 18.9 Å². The van der Waals surface area contributed by atoms with Gasteiger partial charge in [0, 0.05) is 43.9 Å². The highest BCUT2D eigenvalue weighted by atomic mass is 19.1. The van der Waals surface area contributed by atoms with E-state index in [1.165, 1.54) is 12.1 Å². The van der Waals surface area contributed by atoms with Gasteiger partial charge >= 0.3 is 6.09 Å². The zero-order valence-electron chi connectivity index (χ0n) is 22.0. The third-order valence-electron chi connectivity index (χ3n) is 7.96. The van der Waals surface area contributed by atoms with Crippen LogP contribution in [0.25, 0.3) is 11.1 Å². The number of benzene rings is 2. The Labute approximate surface area is 229 Å². The minimum atomic E-state index is -1.45. The molecule has 1 saturated heterocycles. The van der Waals surface area contributed by atoms with E-state index >= 15 is 0 Å². The minimum absolute atomic E-state index is 0.103. The Morgan fingerprint density at radius 3 is 2.73 bits per heavy atom. The Kier molecular flexibility index (Phi) is 6.36. The SMILES string of the molecule is CNC(=O)Cn1cc(-c2ccc3c(c2)CCC32OC(=O)N(CC(=O)N3CCCc4cc(F)ccc4C3)C2=O)cn1. The molecule has 2 aromatic carbocycles. The molecule has 3 aromatic rings. The van der Waals surface area contributed by atoms with Crippen LogP contribution in [0.2, 0.25) is 0 Å². The van der Waals surface area contributed by atoms with E-state index < -0.39 is 24.1 Å². The summed E-state index contributed by atoms with van der Waals surface area (Å²) in [6.45, 7) is 0.435.